The molecule has 10 heteroatoms. The molecule has 0 aliphatic rings. The summed E-state index contributed by atoms with van der Waals surface area (Å²) in [5.41, 5.74) is -2.04. The van der Waals surface area contributed by atoms with Crippen LogP contribution in [0.1, 0.15) is 34.0 Å². The number of halogens is 6. The van der Waals surface area contributed by atoms with Gasteiger partial charge >= 0.3 is 12.4 Å². The van der Waals surface area contributed by atoms with Crippen molar-refractivity contribution in [1.29, 1.82) is 0 Å². The fourth-order valence-corrected chi connectivity index (χ4v) is 2.96. The van der Waals surface area contributed by atoms with Gasteiger partial charge in [0.1, 0.15) is 0 Å². The van der Waals surface area contributed by atoms with Crippen molar-refractivity contribution in [1.82, 2.24) is 15.3 Å². The monoisotopic (exact) mass is 439 g/mol. The Labute approximate surface area is 173 Å². The first kappa shape index (κ1) is 22.3. The normalized spacial score (nSPS) is 13.0. The molecule has 0 aliphatic heterocycles. The zero-order valence-electron chi connectivity index (χ0n) is 15.7. The average molecular weight is 439 g/mol. The van der Waals surface area contributed by atoms with Crippen LogP contribution in [-0.4, -0.2) is 15.9 Å². The molecule has 0 bridgehead atoms. The summed E-state index contributed by atoms with van der Waals surface area (Å²) in [6, 6.07) is 7.21. The lowest BCUT2D eigenvalue weighted by atomic mass is 9.97. The summed E-state index contributed by atoms with van der Waals surface area (Å²) in [4.78, 5) is 20.2. The molecule has 0 saturated carbocycles. The Morgan fingerprint density at radius 1 is 0.903 bits per heavy atom. The second kappa shape index (κ2) is 8.75. The third kappa shape index (κ3) is 5.59. The van der Waals surface area contributed by atoms with Crippen LogP contribution >= 0.6 is 0 Å². The van der Waals surface area contributed by atoms with Gasteiger partial charge in [-0.2, -0.15) is 26.3 Å². The average Bonchev–Trinajstić information content (AvgIpc) is 2.72. The van der Waals surface area contributed by atoms with Gasteiger partial charge in [-0.1, -0.05) is 18.2 Å². The third-order valence-corrected chi connectivity index (χ3v) is 4.38. The van der Waals surface area contributed by atoms with Crippen molar-refractivity contribution in [3.05, 3.63) is 95.1 Å². The Balaban J connectivity index is 2.00. The zero-order chi connectivity index (χ0) is 22.6. The van der Waals surface area contributed by atoms with Gasteiger partial charge in [-0.15, -0.1) is 0 Å². The number of alkyl halides is 6. The van der Waals surface area contributed by atoms with E-state index in [1.54, 1.807) is 12.1 Å². The molecule has 1 unspecified atom stereocenters. The summed E-state index contributed by atoms with van der Waals surface area (Å²) in [5.74, 6) is -0.642. The standard InChI is InChI=1S/C21H15F6N3O/c22-20(23,24)15-7-5-14(6-8-15)18(19-16(21(25,26)27)4-2-10-29-19)30-17(31)11-13-3-1-9-28-12-13/h1-10,12,18H,11H2,(H,30,31). The van der Waals surface area contributed by atoms with E-state index in [1.807, 2.05) is 0 Å². The van der Waals surface area contributed by atoms with E-state index < -0.39 is 41.1 Å². The number of carbonyl (C=O) groups excluding carboxylic acids is 1. The van der Waals surface area contributed by atoms with Gasteiger partial charge in [-0.3, -0.25) is 14.8 Å². The van der Waals surface area contributed by atoms with Crippen molar-refractivity contribution in [2.75, 3.05) is 0 Å². The van der Waals surface area contributed by atoms with Gasteiger partial charge < -0.3 is 5.32 Å². The van der Waals surface area contributed by atoms with Gasteiger partial charge in [0.25, 0.3) is 0 Å². The molecule has 2 heterocycles. The zero-order valence-corrected chi connectivity index (χ0v) is 15.7. The highest BCUT2D eigenvalue weighted by Crippen LogP contribution is 2.36. The second-order valence-corrected chi connectivity index (χ2v) is 6.59. The third-order valence-electron chi connectivity index (χ3n) is 4.38. The number of nitrogens with zero attached hydrogens (tertiary/aromatic N) is 2. The molecule has 1 aromatic carbocycles. The highest BCUT2D eigenvalue weighted by molar-refractivity contribution is 5.79. The first-order valence-corrected chi connectivity index (χ1v) is 8.93. The lowest BCUT2D eigenvalue weighted by molar-refractivity contribution is -0.139. The lowest BCUT2D eigenvalue weighted by Gasteiger charge is -2.23. The lowest BCUT2D eigenvalue weighted by Crippen LogP contribution is -2.32. The molecule has 31 heavy (non-hydrogen) atoms. The predicted molar refractivity (Wildman–Crippen MR) is 98.6 cm³/mol. The SMILES string of the molecule is O=C(Cc1cccnc1)NC(c1ccc(C(F)(F)F)cc1)c1ncccc1C(F)(F)F. The topological polar surface area (TPSA) is 54.9 Å². The van der Waals surface area contributed by atoms with Crippen molar-refractivity contribution in [3.63, 3.8) is 0 Å². The van der Waals surface area contributed by atoms with E-state index in [-0.39, 0.29) is 12.0 Å². The highest BCUT2D eigenvalue weighted by Gasteiger charge is 2.37. The Morgan fingerprint density at radius 3 is 2.16 bits per heavy atom. The molecule has 3 rings (SSSR count). The maximum atomic E-state index is 13.5. The minimum atomic E-state index is -4.78. The molecule has 0 fully saturated rings. The number of hydrogen-bond acceptors (Lipinski definition) is 3. The van der Waals surface area contributed by atoms with E-state index in [4.69, 9.17) is 0 Å². The van der Waals surface area contributed by atoms with Crippen LogP contribution in [-0.2, 0) is 23.6 Å². The van der Waals surface area contributed by atoms with Gasteiger partial charge in [-0.05, 0) is 41.5 Å². The fraction of sp³-hybridized carbons (Fsp3) is 0.190. The van der Waals surface area contributed by atoms with E-state index in [0.717, 1.165) is 42.6 Å². The largest absolute Gasteiger partial charge is 0.418 e. The summed E-state index contributed by atoms with van der Waals surface area (Å²) < 4.78 is 79.2. The molecular weight excluding hydrogens is 424 g/mol. The number of amides is 1. The van der Waals surface area contributed by atoms with Crippen LogP contribution in [0.25, 0.3) is 0 Å². The van der Waals surface area contributed by atoms with E-state index in [9.17, 15) is 31.1 Å². The van der Waals surface area contributed by atoms with Crippen molar-refractivity contribution >= 4 is 5.91 Å². The molecular formula is C21H15F6N3O. The van der Waals surface area contributed by atoms with Crippen LogP contribution in [0.5, 0.6) is 0 Å². The van der Waals surface area contributed by atoms with Crippen LogP contribution in [0.4, 0.5) is 26.3 Å². The van der Waals surface area contributed by atoms with Crippen LogP contribution < -0.4 is 5.32 Å². The van der Waals surface area contributed by atoms with Crippen LogP contribution in [0.2, 0.25) is 0 Å². The first-order chi connectivity index (χ1) is 14.6. The second-order valence-electron chi connectivity index (χ2n) is 6.59. The summed E-state index contributed by atoms with van der Waals surface area (Å²) in [5, 5.41) is 2.46. The molecule has 162 valence electrons. The number of carbonyl (C=O) groups is 1. The number of benzene rings is 1. The molecule has 4 nitrogen and oxygen atoms in total. The van der Waals surface area contributed by atoms with Crippen molar-refractivity contribution in [2.45, 2.75) is 24.8 Å². The van der Waals surface area contributed by atoms with E-state index in [1.165, 1.54) is 12.4 Å². The first-order valence-electron chi connectivity index (χ1n) is 8.93. The summed E-state index contributed by atoms with van der Waals surface area (Å²) >= 11 is 0. The fourth-order valence-electron chi connectivity index (χ4n) is 2.96. The van der Waals surface area contributed by atoms with Crippen LogP contribution in [0, 0.1) is 0 Å². The molecule has 1 atom stereocenters. The van der Waals surface area contributed by atoms with Gasteiger partial charge in [-0.25, -0.2) is 0 Å². The molecule has 0 radical (unpaired) electrons. The van der Waals surface area contributed by atoms with Crippen molar-refractivity contribution in [2.24, 2.45) is 0 Å². The predicted octanol–water partition coefficient (Wildman–Crippen LogP) is 4.96. The molecule has 0 aliphatic carbocycles. The van der Waals surface area contributed by atoms with E-state index >= 15 is 0 Å². The summed E-state index contributed by atoms with van der Waals surface area (Å²) in [6.45, 7) is 0. The number of nitrogens with one attached hydrogen (secondary N) is 1. The smallest absolute Gasteiger partial charge is 0.343 e. The van der Waals surface area contributed by atoms with Crippen LogP contribution in [0.3, 0.4) is 0 Å². The molecule has 0 spiro atoms. The maximum absolute atomic E-state index is 13.5. The minimum absolute atomic E-state index is 0.0248. The molecule has 0 saturated heterocycles. The number of rotatable bonds is 5. The highest BCUT2D eigenvalue weighted by atomic mass is 19.4. The number of hydrogen-bond donors (Lipinski definition) is 1. The summed E-state index contributed by atoms with van der Waals surface area (Å²) in [6.07, 6.45) is -5.53. The van der Waals surface area contributed by atoms with Gasteiger partial charge in [0, 0.05) is 18.6 Å². The molecule has 1 amide bonds. The number of aromatic nitrogens is 2. The maximum Gasteiger partial charge on any atom is 0.418 e. The minimum Gasteiger partial charge on any atom is -0.343 e. The number of pyridine rings is 2. The van der Waals surface area contributed by atoms with Crippen LogP contribution in [0.15, 0.2) is 67.1 Å². The van der Waals surface area contributed by atoms with Gasteiger partial charge in [0.05, 0.1) is 29.3 Å². The van der Waals surface area contributed by atoms with Crippen molar-refractivity contribution < 1.29 is 31.1 Å². The van der Waals surface area contributed by atoms with E-state index in [2.05, 4.69) is 15.3 Å². The Kier molecular flexibility index (Phi) is 6.28. The molecule has 2 aromatic heterocycles. The molecule has 3 aromatic rings. The van der Waals surface area contributed by atoms with Gasteiger partial charge in [0.2, 0.25) is 5.91 Å². The van der Waals surface area contributed by atoms with Gasteiger partial charge in [0.15, 0.2) is 0 Å². The van der Waals surface area contributed by atoms with E-state index in [0.29, 0.717) is 5.56 Å². The Morgan fingerprint density at radius 2 is 1.58 bits per heavy atom. The molecule has 1 N–H and O–H groups in total. The van der Waals surface area contributed by atoms with Crippen molar-refractivity contribution in [3.8, 4) is 0 Å². The Bertz CT molecular complexity index is 1030. The summed E-state index contributed by atoms with van der Waals surface area (Å²) in [7, 11) is 0. The quantitative estimate of drug-likeness (QED) is 0.572. The Hall–Kier alpha value is -3.43.